The predicted octanol–water partition coefficient (Wildman–Crippen LogP) is 5.91. The highest BCUT2D eigenvalue weighted by Crippen LogP contribution is 2.45. The van der Waals surface area contributed by atoms with Gasteiger partial charge in [0.05, 0.1) is 19.1 Å². The van der Waals surface area contributed by atoms with Gasteiger partial charge in [0.2, 0.25) is 5.88 Å². The number of hydrogen-bond acceptors (Lipinski definition) is 8. The number of alkyl halides is 3. The van der Waals surface area contributed by atoms with Crippen molar-refractivity contribution in [2.24, 2.45) is 0 Å². The lowest BCUT2D eigenvalue weighted by Crippen LogP contribution is -2.08. The van der Waals surface area contributed by atoms with E-state index in [1.807, 2.05) is 0 Å². The van der Waals surface area contributed by atoms with Crippen LogP contribution < -0.4 is 10.1 Å². The molecule has 5 aromatic rings. The smallest absolute Gasteiger partial charge is 0.434 e. The summed E-state index contributed by atoms with van der Waals surface area (Å²) in [6, 6.07) is 3.93. The maximum Gasteiger partial charge on any atom is 0.434 e. The fourth-order valence-corrected chi connectivity index (χ4v) is 4.63. The van der Waals surface area contributed by atoms with Crippen LogP contribution in [-0.4, -0.2) is 46.6 Å². The number of benzene rings is 1. The number of nitrogens with zero attached hydrogens (tertiary/aromatic N) is 7. The molecule has 212 valence electrons. The Labute approximate surface area is 231 Å². The SMILES string of the molecule is COc1ncnc(C2CC2)c1-c1nc(NCc2ccc(-c3nc(C(F)(F)F)cn3C(C)C)cc2F)c2[nH]cnc2n1. The zero-order valence-corrected chi connectivity index (χ0v) is 22.3. The lowest BCUT2D eigenvalue weighted by Gasteiger charge is -2.14. The monoisotopic (exact) mass is 567 g/mol. The van der Waals surface area contributed by atoms with Crippen LogP contribution in [0.15, 0.2) is 37.1 Å². The Bertz CT molecular complexity index is 1740. The molecule has 41 heavy (non-hydrogen) atoms. The van der Waals surface area contributed by atoms with E-state index < -0.39 is 17.7 Å². The van der Waals surface area contributed by atoms with Crippen molar-refractivity contribution in [2.75, 3.05) is 12.4 Å². The molecule has 1 aromatic carbocycles. The Kier molecular flexibility index (Phi) is 6.54. The van der Waals surface area contributed by atoms with E-state index in [1.54, 1.807) is 19.9 Å². The van der Waals surface area contributed by atoms with Crippen LogP contribution in [0.25, 0.3) is 33.9 Å². The molecule has 0 saturated heterocycles. The molecule has 14 heteroatoms. The number of rotatable bonds is 8. The van der Waals surface area contributed by atoms with Crippen LogP contribution >= 0.6 is 0 Å². The third-order valence-corrected chi connectivity index (χ3v) is 6.85. The van der Waals surface area contributed by atoms with Gasteiger partial charge in [0, 0.05) is 35.8 Å². The fraction of sp³-hybridized carbons (Fsp3) is 0.333. The van der Waals surface area contributed by atoms with E-state index in [1.165, 1.54) is 36.5 Å². The molecule has 1 saturated carbocycles. The number of halogens is 4. The highest BCUT2D eigenvalue weighted by Gasteiger charge is 2.35. The van der Waals surface area contributed by atoms with Gasteiger partial charge in [0.25, 0.3) is 0 Å². The standard InChI is InChI=1S/C27H25F4N9O/c1-13(2)40-10-18(27(29,30)31)37-25(40)15-6-7-16(17(28)8-15)9-32-23-21-24(35-11-34-21)39-22(38-23)19-20(14-4-5-14)33-12-36-26(19)41-3/h6-8,10-14H,4-5,9H2,1-3H3,(H2,32,34,35,38,39). The van der Waals surface area contributed by atoms with Crippen molar-refractivity contribution < 1.29 is 22.3 Å². The molecular weight excluding hydrogens is 542 g/mol. The third-order valence-electron chi connectivity index (χ3n) is 6.85. The molecule has 0 atom stereocenters. The topological polar surface area (TPSA) is 119 Å². The zero-order chi connectivity index (χ0) is 28.9. The summed E-state index contributed by atoms with van der Waals surface area (Å²) in [7, 11) is 1.51. The molecule has 1 aliphatic carbocycles. The highest BCUT2D eigenvalue weighted by molar-refractivity contribution is 5.85. The van der Waals surface area contributed by atoms with Crippen LogP contribution in [0, 0.1) is 5.82 Å². The summed E-state index contributed by atoms with van der Waals surface area (Å²) in [6.45, 7) is 3.49. The van der Waals surface area contributed by atoms with Crippen molar-refractivity contribution in [3.05, 3.63) is 59.8 Å². The summed E-state index contributed by atoms with van der Waals surface area (Å²) < 4.78 is 62.1. The Hall–Kier alpha value is -4.62. The summed E-state index contributed by atoms with van der Waals surface area (Å²) in [5.41, 5.74) is 1.78. The van der Waals surface area contributed by atoms with Crippen molar-refractivity contribution in [3.63, 3.8) is 0 Å². The molecule has 0 unspecified atom stereocenters. The quantitative estimate of drug-likeness (QED) is 0.222. The van der Waals surface area contributed by atoms with E-state index in [0.29, 0.717) is 34.2 Å². The Morgan fingerprint density at radius 2 is 1.93 bits per heavy atom. The normalized spacial score (nSPS) is 13.8. The number of nitrogens with one attached hydrogen (secondary N) is 2. The molecule has 0 amide bonds. The first-order chi connectivity index (χ1) is 19.6. The van der Waals surface area contributed by atoms with E-state index in [2.05, 4.69) is 35.2 Å². The summed E-state index contributed by atoms with van der Waals surface area (Å²) in [4.78, 5) is 29.0. The predicted molar refractivity (Wildman–Crippen MR) is 142 cm³/mol. The van der Waals surface area contributed by atoms with Gasteiger partial charge in [0.15, 0.2) is 23.0 Å². The van der Waals surface area contributed by atoms with Gasteiger partial charge in [-0.15, -0.1) is 0 Å². The van der Waals surface area contributed by atoms with E-state index in [4.69, 9.17) is 9.72 Å². The van der Waals surface area contributed by atoms with Crippen LogP contribution in [0.2, 0.25) is 0 Å². The molecule has 1 fully saturated rings. The molecule has 0 aliphatic heterocycles. The Balaban J connectivity index is 1.32. The number of anilines is 1. The number of imidazole rings is 2. The van der Waals surface area contributed by atoms with Gasteiger partial charge < -0.3 is 19.6 Å². The van der Waals surface area contributed by atoms with E-state index in [9.17, 15) is 13.2 Å². The Morgan fingerprint density at radius 1 is 1.12 bits per heavy atom. The summed E-state index contributed by atoms with van der Waals surface area (Å²) in [5.74, 6) is 0.745. The van der Waals surface area contributed by atoms with E-state index in [-0.39, 0.29) is 35.5 Å². The second-order valence-corrected chi connectivity index (χ2v) is 10.0. The van der Waals surface area contributed by atoms with Crippen molar-refractivity contribution in [2.45, 2.75) is 51.4 Å². The summed E-state index contributed by atoms with van der Waals surface area (Å²) in [6.07, 6.45) is 1.25. The van der Waals surface area contributed by atoms with Crippen molar-refractivity contribution in [3.8, 4) is 28.7 Å². The van der Waals surface area contributed by atoms with Gasteiger partial charge in [-0.3, -0.25) is 0 Å². The number of aromatic amines is 1. The fourth-order valence-electron chi connectivity index (χ4n) is 4.63. The summed E-state index contributed by atoms with van der Waals surface area (Å²) >= 11 is 0. The van der Waals surface area contributed by atoms with Gasteiger partial charge in [-0.1, -0.05) is 12.1 Å². The summed E-state index contributed by atoms with van der Waals surface area (Å²) in [5, 5.41) is 3.14. The second kappa shape index (κ2) is 10.1. The Morgan fingerprint density at radius 3 is 2.61 bits per heavy atom. The lowest BCUT2D eigenvalue weighted by molar-refractivity contribution is -0.140. The molecular formula is C27H25F4N9O. The second-order valence-electron chi connectivity index (χ2n) is 10.0. The van der Waals surface area contributed by atoms with Gasteiger partial charge in [-0.2, -0.15) is 13.2 Å². The molecule has 0 spiro atoms. The molecule has 10 nitrogen and oxygen atoms in total. The van der Waals surface area contributed by atoms with Gasteiger partial charge in [0.1, 0.15) is 29.0 Å². The van der Waals surface area contributed by atoms with Crippen LogP contribution in [-0.2, 0) is 12.7 Å². The molecule has 4 heterocycles. The third kappa shape index (κ3) is 5.05. The minimum absolute atomic E-state index is 0.0288. The number of H-pyrrole nitrogens is 1. The van der Waals surface area contributed by atoms with Crippen molar-refractivity contribution in [1.82, 2.24) is 39.5 Å². The molecule has 0 radical (unpaired) electrons. The highest BCUT2D eigenvalue weighted by atomic mass is 19.4. The molecule has 2 N–H and O–H groups in total. The van der Waals surface area contributed by atoms with Crippen LogP contribution in [0.1, 0.15) is 55.6 Å². The largest absolute Gasteiger partial charge is 0.480 e. The first-order valence-electron chi connectivity index (χ1n) is 12.9. The van der Waals surface area contributed by atoms with Crippen LogP contribution in [0.4, 0.5) is 23.4 Å². The number of methoxy groups -OCH3 is 1. The number of hydrogen-bond donors (Lipinski definition) is 2. The average molecular weight is 568 g/mol. The molecule has 6 rings (SSSR count). The zero-order valence-electron chi connectivity index (χ0n) is 22.3. The van der Waals surface area contributed by atoms with Gasteiger partial charge >= 0.3 is 6.18 Å². The van der Waals surface area contributed by atoms with Crippen molar-refractivity contribution in [1.29, 1.82) is 0 Å². The first kappa shape index (κ1) is 26.6. The number of fused-ring (bicyclic) bond motifs is 1. The number of aromatic nitrogens is 8. The minimum Gasteiger partial charge on any atom is -0.480 e. The number of ether oxygens (including phenoxy) is 1. The van der Waals surface area contributed by atoms with E-state index >= 15 is 4.39 Å². The van der Waals surface area contributed by atoms with Crippen LogP contribution in [0.3, 0.4) is 0 Å². The molecule has 1 aliphatic rings. The van der Waals surface area contributed by atoms with Crippen molar-refractivity contribution >= 4 is 17.0 Å². The average Bonchev–Trinajstić information content (AvgIpc) is 3.48. The van der Waals surface area contributed by atoms with Crippen LogP contribution in [0.5, 0.6) is 5.88 Å². The first-order valence-corrected chi connectivity index (χ1v) is 12.9. The minimum atomic E-state index is -4.61. The lowest BCUT2D eigenvalue weighted by atomic mass is 10.1. The molecule has 0 bridgehead atoms. The van der Waals surface area contributed by atoms with E-state index in [0.717, 1.165) is 24.7 Å². The maximum absolute atomic E-state index is 15.3. The molecule has 4 aromatic heterocycles. The van der Waals surface area contributed by atoms with Gasteiger partial charge in [-0.25, -0.2) is 34.3 Å². The maximum atomic E-state index is 15.3. The van der Waals surface area contributed by atoms with Gasteiger partial charge in [-0.05, 0) is 32.8 Å².